The summed E-state index contributed by atoms with van der Waals surface area (Å²) in [7, 11) is 0. The lowest BCUT2D eigenvalue weighted by molar-refractivity contribution is -0.126. The first-order chi connectivity index (χ1) is 8.66. The molecule has 2 rings (SSSR count). The fourth-order valence-corrected chi connectivity index (χ4v) is 2.12. The van der Waals surface area contributed by atoms with Crippen molar-refractivity contribution in [2.24, 2.45) is 5.41 Å². The molecule has 1 aliphatic heterocycles. The Morgan fingerprint density at radius 3 is 2.78 bits per heavy atom. The molecule has 0 bridgehead atoms. The van der Waals surface area contributed by atoms with Crippen molar-refractivity contribution in [3.8, 4) is 6.07 Å². The molecule has 1 amide bonds. The maximum Gasteiger partial charge on any atom is 0.245 e. The van der Waals surface area contributed by atoms with Gasteiger partial charge in [0.1, 0.15) is 5.41 Å². The Morgan fingerprint density at radius 2 is 2.17 bits per heavy atom. The normalized spacial score (nSPS) is 17.8. The lowest BCUT2D eigenvalue weighted by atomic mass is 9.81. The predicted molar refractivity (Wildman–Crippen MR) is 68.2 cm³/mol. The van der Waals surface area contributed by atoms with E-state index in [4.69, 9.17) is 16.3 Å². The summed E-state index contributed by atoms with van der Waals surface area (Å²) in [4.78, 5) is 12.2. The number of ether oxygens (including phenoxy) is 1. The van der Waals surface area contributed by atoms with Crippen molar-refractivity contribution in [2.75, 3.05) is 18.5 Å². The Balaban J connectivity index is 2.13. The van der Waals surface area contributed by atoms with Gasteiger partial charge in [0.15, 0.2) is 0 Å². The van der Waals surface area contributed by atoms with Crippen LogP contribution in [0, 0.1) is 16.7 Å². The van der Waals surface area contributed by atoms with Gasteiger partial charge in [-0.1, -0.05) is 17.7 Å². The molecule has 1 aromatic carbocycles. The van der Waals surface area contributed by atoms with Crippen molar-refractivity contribution in [3.63, 3.8) is 0 Å². The van der Waals surface area contributed by atoms with E-state index in [2.05, 4.69) is 11.4 Å². The molecular weight excluding hydrogens is 252 g/mol. The summed E-state index contributed by atoms with van der Waals surface area (Å²) >= 11 is 5.85. The first-order valence-electron chi connectivity index (χ1n) is 5.72. The van der Waals surface area contributed by atoms with Crippen LogP contribution in [0.25, 0.3) is 0 Å². The minimum Gasteiger partial charge on any atom is -0.381 e. The van der Waals surface area contributed by atoms with Gasteiger partial charge in [0.2, 0.25) is 5.91 Å². The van der Waals surface area contributed by atoms with Crippen LogP contribution in [0.1, 0.15) is 12.8 Å². The molecule has 1 fully saturated rings. The molecule has 4 nitrogen and oxygen atoms in total. The van der Waals surface area contributed by atoms with E-state index in [9.17, 15) is 10.1 Å². The van der Waals surface area contributed by atoms with Gasteiger partial charge in [-0.2, -0.15) is 5.26 Å². The highest BCUT2D eigenvalue weighted by Crippen LogP contribution is 2.31. The molecular formula is C13H13ClN2O2. The van der Waals surface area contributed by atoms with Crippen molar-refractivity contribution in [1.82, 2.24) is 0 Å². The second kappa shape index (κ2) is 5.38. The summed E-state index contributed by atoms with van der Waals surface area (Å²) < 4.78 is 5.19. The predicted octanol–water partition coefficient (Wildman–Crippen LogP) is 2.60. The van der Waals surface area contributed by atoms with Crippen molar-refractivity contribution >= 4 is 23.2 Å². The Morgan fingerprint density at radius 1 is 1.44 bits per heavy atom. The topological polar surface area (TPSA) is 62.1 Å². The zero-order valence-electron chi connectivity index (χ0n) is 9.78. The van der Waals surface area contributed by atoms with Gasteiger partial charge < -0.3 is 10.1 Å². The highest BCUT2D eigenvalue weighted by molar-refractivity contribution is 6.30. The number of nitrogens with zero attached hydrogens (tertiary/aromatic N) is 1. The highest BCUT2D eigenvalue weighted by Gasteiger charge is 2.40. The molecule has 94 valence electrons. The number of nitrogens with one attached hydrogen (secondary N) is 1. The average molecular weight is 265 g/mol. The molecule has 1 aliphatic rings. The van der Waals surface area contributed by atoms with Gasteiger partial charge in [-0.3, -0.25) is 4.79 Å². The van der Waals surface area contributed by atoms with Crippen LogP contribution in [0.15, 0.2) is 24.3 Å². The van der Waals surface area contributed by atoms with Gasteiger partial charge in [-0.25, -0.2) is 0 Å². The van der Waals surface area contributed by atoms with Crippen LogP contribution in [0.2, 0.25) is 5.02 Å². The molecule has 0 saturated carbocycles. The molecule has 0 aromatic heterocycles. The third-order valence-corrected chi connectivity index (χ3v) is 3.31. The Labute approximate surface area is 111 Å². The minimum atomic E-state index is -0.986. The lowest BCUT2D eigenvalue weighted by Crippen LogP contribution is -2.39. The van der Waals surface area contributed by atoms with Crippen LogP contribution in [0.3, 0.4) is 0 Å². The van der Waals surface area contributed by atoms with E-state index in [0.717, 1.165) is 0 Å². The Kier molecular flexibility index (Phi) is 3.85. The van der Waals surface area contributed by atoms with E-state index in [-0.39, 0.29) is 5.91 Å². The number of amides is 1. The number of hydrogen-bond acceptors (Lipinski definition) is 3. The number of anilines is 1. The summed E-state index contributed by atoms with van der Waals surface area (Å²) in [6.07, 6.45) is 0.853. The maximum absolute atomic E-state index is 12.2. The molecule has 1 aromatic rings. The molecule has 0 unspecified atom stereocenters. The van der Waals surface area contributed by atoms with E-state index in [1.165, 1.54) is 0 Å². The van der Waals surface area contributed by atoms with Crippen LogP contribution in [0.5, 0.6) is 0 Å². The SMILES string of the molecule is N#CC1(C(=O)Nc2cccc(Cl)c2)CCOCC1. The van der Waals surface area contributed by atoms with E-state index < -0.39 is 5.41 Å². The zero-order chi connectivity index (χ0) is 13.0. The van der Waals surface area contributed by atoms with Gasteiger partial charge in [0, 0.05) is 23.9 Å². The Bertz CT molecular complexity index is 490. The maximum atomic E-state index is 12.2. The van der Waals surface area contributed by atoms with Gasteiger partial charge in [0.05, 0.1) is 6.07 Å². The smallest absolute Gasteiger partial charge is 0.245 e. The van der Waals surface area contributed by atoms with Crippen molar-refractivity contribution in [2.45, 2.75) is 12.8 Å². The van der Waals surface area contributed by atoms with Crippen molar-refractivity contribution < 1.29 is 9.53 Å². The van der Waals surface area contributed by atoms with E-state index in [0.29, 0.717) is 36.8 Å². The van der Waals surface area contributed by atoms with Crippen LogP contribution < -0.4 is 5.32 Å². The second-order valence-electron chi connectivity index (χ2n) is 4.27. The van der Waals surface area contributed by atoms with Crippen LogP contribution in [0.4, 0.5) is 5.69 Å². The molecule has 18 heavy (non-hydrogen) atoms. The molecule has 0 radical (unpaired) electrons. The van der Waals surface area contributed by atoms with Gasteiger partial charge in [-0.15, -0.1) is 0 Å². The zero-order valence-corrected chi connectivity index (χ0v) is 10.5. The van der Waals surface area contributed by atoms with Crippen molar-refractivity contribution in [1.29, 1.82) is 5.26 Å². The summed E-state index contributed by atoms with van der Waals surface area (Å²) in [5.74, 6) is -0.282. The fraction of sp³-hybridized carbons (Fsp3) is 0.385. The molecule has 1 saturated heterocycles. The molecule has 0 spiro atoms. The number of nitriles is 1. The highest BCUT2D eigenvalue weighted by atomic mass is 35.5. The molecule has 1 N–H and O–H groups in total. The van der Waals surface area contributed by atoms with Crippen LogP contribution in [-0.4, -0.2) is 19.1 Å². The summed E-state index contributed by atoms with van der Waals surface area (Å²) in [6, 6.07) is 9.01. The molecule has 0 aliphatic carbocycles. The minimum absolute atomic E-state index is 0.282. The number of halogens is 1. The summed E-state index contributed by atoms with van der Waals surface area (Å²) in [5, 5.41) is 12.5. The summed E-state index contributed by atoms with van der Waals surface area (Å²) in [6.45, 7) is 0.882. The molecule has 1 heterocycles. The lowest BCUT2D eigenvalue weighted by Gasteiger charge is -2.29. The van der Waals surface area contributed by atoms with E-state index in [1.807, 2.05) is 0 Å². The van der Waals surface area contributed by atoms with E-state index in [1.54, 1.807) is 24.3 Å². The van der Waals surface area contributed by atoms with E-state index >= 15 is 0 Å². The average Bonchev–Trinajstić information content (AvgIpc) is 2.39. The third kappa shape index (κ3) is 2.63. The summed E-state index contributed by atoms with van der Waals surface area (Å²) in [5.41, 5.74) is -0.380. The Hall–Kier alpha value is -1.57. The number of benzene rings is 1. The standard InChI is InChI=1S/C13H13ClN2O2/c14-10-2-1-3-11(8-10)16-12(17)13(9-15)4-6-18-7-5-13/h1-3,8H,4-7H2,(H,16,17). The first-order valence-corrected chi connectivity index (χ1v) is 6.10. The number of carbonyl (C=O) groups excluding carboxylic acids is 1. The number of hydrogen-bond donors (Lipinski definition) is 1. The van der Waals surface area contributed by atoms with Crippen LogP contribution >= 0.6 is 11.6 Å². The molecule has 0 atom stereocenters. The largest absolute Gasteiger partial charge is 0.381 e. The fourth-order valence-electron chi connectivity index (χ4n) is 1.93. The number of rotatable bonds is 2. The van der Waals surface area contributed by atoms with Gasteiger partial charge >= 0.3 is 0 Å². The van der Waals surface area contributed by atoms with Gasteiger partial charge in [0.25, 0.3) is 0 Å². The monoisotopic (exact) mass is 264 g/mol. The first kappa shape index (κ1) is 12.9. The van der Waals surface area contributed by atoms with Crippen molar-refractivity contribution in [3.05, 3.63) is 29.3 Å². The number of carbonyl (C=O) groups is 1. The second-order valence-corrected chi connectivity index (χ2v) is 4.71. The van der Waals surface area contributed by atoms with Gasteiger partial charge in [-0.05, 0) is 31.0 Å². The third-order valence-electron chi connectivity index (χ3n) is 3.08. The van der Waals surface area contributed by atoms with Crippen LogP contribution in [-0.2, 0) is 9.53 Å². The quantitative estimate of drug-likeness (QED) is 0.893. The molecule has 5 heteroatoms.